The number of hydrogen-bond donors (Lipinski definition) is 3. The lowest BCUT2D eigenvalue weighted by atomic mass is 10.0. The number of phosphoric ester groups is 1. The van der Waals surface area contributed by atoms with Crippen LogP contribution in [0.5, 0.6) is 0 Å². The summed E-state index contributed by atoms with van der Waals surface area (Å²) in [5.41, 5.74) is 0. The van der Waals surface area contributed by atoms with E-state index in [0.717, 1.165) is 32.1 Å². The van der Waals surface area contributed by atoms with Gasteiger partial charge in [0.1, 0.15) is 13.2 Å². The molecule has 3 atom stereocenters. The molecule has 0 heterocycles. The van der Waals surface area contributed by atoms with Crippen LogP contribution in [0.4, 0.5) is 0 Å². The topological polar surface area (TPSA) is 105 Å². The average Bonchev–Trinajstić information content (AvgIpc) is 3.41. The SMILES string of the molecule is CCCCCCCCCCCCCCCC/C=C\CCCCCCCCCCCCCCCCCCCC(=O)NC(COP(=O)(O)OCC[N+](C)(C)C)C(O)/C=C/CCCCCCCCCCCCCCCCCCCCC. The number of rotatable bonds is 65. The van der Waals surface area contributed by atoms with Crippen molar-refractivity contribution in [2.45, 2.75) is 373 Å². The maximum absolute atomic E-state index is 13.0. The molecule has 0 aromatic heterocycles. The molecule has 0 aromatic rings. The van der Waals surface area contributed by atoms with Gasteiger partial charge >= 0.3 is 7.82 Å². The Hall–Kier alpha value is -1.02. The molecule has 0 bridgehead atoms. The van der Waals surface area contributed by atoms with Crippen LogP contribution in [0, 0.1) is 0 Å². The lowest BCUT2D eigenvalue weighted by molar-refractivity contribution is -0.870. The number of hydrogen-bond acceptors (Lipinski definition) is 5. The second-order valence-corrected chi connectivity index (χ2v) is 26.7. The first kappa shape index (κ1) is 77.0. The van der Waals surface area contributed by atoms with Crippen molar-refractivity contribution in [3.05, 3.63) is 24.3 Å². The summed E-state index contributed by atoms with van der Waals surface area (Å²) in [7, 11) is 1.59. The van der Waals surface area contributed by atoms with Gasteiger partial charge in [-0.25, -0.2) is 4.57 Å². The van der Waals surface area contributed by atoms with Crippen LogP contribution in [0.1, 0.15) is 361 Å². The Morgan fingerprint density at radius 1 is 0.423 bits per heavy atom. The number of unbranched alkanes of at least 4 members (excludes halogenated alkanes) is 50. The predicted molar refractivity (Wildman–Crippen MR) is 342 cm³/mol. The van der Waals surface area contributed by atoms with E-state index in [4.69, 9.17) is 9.05 Å². The molecule has 78 heavy (non-hydrogen) atoms. The minimum Gasteiger partial charge on any atom is -0.387 e. The number of quaternary nitrogens is 1. The monoisotopic (exact) mass is 1120 g/mol. The molecule has 3 unspecified atom stereocenters. The third-order valence-corrected chi connectivity index (χ3v) is 17.1. The number of likely N-dealkylation sites (N-methyl/N-ethyl adjacent to an activating group) is 1. The van der Waals surface area contributed by atoms with Crippen LogP contribution in [0.25, 0.3) is 0 Å². The largest absolute Gasteiger partial charge is 0.472 e. The molecule has 464 valence electrons. The van der Waals surface area contributed by atoms with Crippen LogP contribution in [-0.4, -0.2) is 73.4 Å². The van der Waals surface area contributed by atoms with Gasteiger partial charge in [0.2, 0.25) is 5.91 Å². The van der Waals surface area contributed by atoms with E-state index in [2.05, 4.69) is 31.3 Å². The van der Waals surface area contributed by atoms with Crippen LogP contribution in [0.2, 0.25) is 0 Å². The summed E-state index contributed by atoms with van der Waals surface area (Å²) in [6.45, 7) is 4.88. The molecular formula is C69H138N2O6P+. The quantitative estimate of drug-likeness (QED) is 0.0243. The van der Waals surface area contributed by atoms with Gasteiger partial charge in [0.05, 0.1) is 39.9 Å². The Labute approximate surface area is 487 Å². The highest BCUT2D eigenvalue weighted by atomic mass is 31.2. The number of nitrogens with zero attached hydrogens (tertiary/aromatic N) is 1. The molecule has 1 amide bonds. The minimum atomic E-state index is -4.35. The van der Waals surface area contributed by atoms with Gasteiger partial charge in [-0.15, -0.1) is 0 Å². The molecule has 0 spiro atoms. The van der Waals surface area contributed by atoms with E-state index >= 15 is 0 Å². The van der Waals surface area contributed by atoms with E-state index < -0.39 is 20.0 Å². The zero-order valence-corrected chi connectivity index (χ0v) is 54.1. The van der Waals surface area contributed by atoms with Crippen molar-refractivity contribution >= 4 is 13.7 Å². The Kier molecular flexibility index (Phi) is 59.8. The molecular weight excluding hydrogens is 984 g/mol. The van der Waals surface area contributed by atoms with Crippen LogP contribution in [-0.2, 0) is 18.4 Å². The normalized spacial score (nSPS) is 13.8. The molecule has 0 saturated heterocycles. The molecule has 3 N–H and O–H groups in total. The summed E-state index contributed by atoms with van der Waals surface area (Å²) in [5, 5.41) is 14.0. The van der Waals surface area contributed by atoms with E-state index in [1.165, 1.54) is 308 Å². The van der Waals surface area contributed by atoms with Gasteiger partial charge in [-0.05, 0) is 44.9 Å². The Morgan fingerprint density at radius 3 is 0.987 bits per heavy atom. The van der Waals surface area contributed by atoms with Gasteiger partial charge in [0.15, 0.2) is 0 Å². The molecule has 0 radical (unpaired) electrons. The van der Waals surface area contributed by atoms with E-state index in [1.807, 2.05) is 27.2 Å². The lowest BCUT2D eigenvalue weighted by Gasteiger charge is -2.25. The first-order valence-corrected chi connectivity index (χ1v) is 36.2. The van der Waals surface area contributed by atoms with Crippen LogP contribution in [0.3, 0.4) is 0 Å². The van der Waals surface area contributed by atoms with Crippen molar-refractivity contribution in [3.8, 4) is 0 Å². The second-order valence-electron chi connectivity index (χ2n) is 25.3. The fourth-order valence-electron chi connectivity index (χ4n) is 10.7. The summed E-state index contributed by atoms with van der Waals surface area (Å²) in [6.07, 6.45) is 79.0. The highest BCUT2D eigenvalue weighted by Gasteiger charge is 2.28. The number of aliphatic hydroxyl groups is 1. The smallest absolute Gasteiger partial charge is 0.387 e. The van der Waals surface area contributed by atoms with E-state index in [0.29, 0.717) is 17.4 Å². The second kappa shape index (κ2) is 60.6. The molecule has 8 nitrogen and oxygen atoms in total. The number of carbonyl (C=O) groups is 1. The maximum atomic E-state index is 13.0. The summed E-state index contributed by atoms with van der Waals surface area (Å²) >= 11 is 0. The van der Waals surface area contributed by atoms with Gasteiger partial charge in [-0.1, -0.05) is 334 Å². The standard InChI is InChI=1S/C69H137N2O6P/c1-6-8-10-12-14-16-18-20-22-24-26-28-29-30-31-32-33-34-35-36-37-38-39-40-41-43-45-47-49-51-53-55-57-59-61-63-69(73)70-67(66-77-78(74,75)76-65-64-71(3,4)5)68(72)62-60-58-56-54-52-50-48-46-44-42-27-25-23-21-19-17-15-13-11-9-7-2/h32-33,60,62,67-68,72H,6-31,34-59,61,63-66H2,1-5H3,(H-,70,73,74,75)/p+1/b33-32-,62-60+. The summed E-state index contributed by atoms with van der Waals surface area (Å²) < 4.78 is 23.8. The predicted octanol–water partition coefficient (Wildman–Crippen LogP) is 21.9. The van der Waals surface area contributed by atoms with Gasteiger partial charge in [0, 0.05) is 6.42 Å². The summed E-state index contributed by atoms with van der Waals surface area (Å²) in [5.74, 6) is -0.169. The van der Waals surface area contributed by atoms with Crippen molar-refractivity contribution in [1.82, 2.24) is 5.32 Å². The van der Waals surface area contributed by atoms with Gasteiger partial charge < -0.3 is 19.8 Å². The van der Waals surface area contributed by atoms with Crippen molar-refractivity contribution in [3.63, 3.8) is 0 Å². The van der Waals surface area contributed by atoms with Crippen molar-refractivity contribution in [1.29, 1.82) is 0 Å². The highest BCUT2D eigenvalue weighted by molar-refractivity contribution is 7.47. The van der Waals surface area contributed by atoms with Crippen molar-refractivity contribution in [2.75, 3.05) is 40.9 Å². The van der Waals surface area contributed by atoms with E-state index in [9.17, 15) is 19.4 Å². The molecule has 0 aromatic carbocycles. The zero-order chi connectivity index (χ0) is 57.0. The van der Waals surface area contributed by atoms with E-state index in [1.54, 1.807) is 6.08 Å². The first-order valence-electron chi connectivity index (χ1n) is 34.7. The third kappa shape index (κ3) is 62.6. The number of carbonyl (C=O) groups excluding carboxylic acids is 1. The zero-order valence-electron chi connectivity index (χ0n) is 53.2. The van der Waals surface area contributed by atoms with Gasteiger partial charge in [-0.2, -0.15) is 0 Å². The Bertz CT molecular complexity index is 1320. The number of phosphoric acid groups is 1. The molecule has 0 fully saturated rings. The van der Waals surface area contributed by atoms with Gasteiger partial charge in [-0.3, -0.25) is 13.8 Å². The number of amides is 1. The van der Waals surface area contributed by atoms with Crippen LogP contribution in [0.15, 0.2) is 24.3 Å². The summed E-state index contributed by atoms with van der Waals surface area (Å²) in [6, 6.07) is -0.845. The first-order chi connectivity index (χ1) is 38.0. The van der Waals surface area contributed by atoms with Gasteiger partial charge in [0.25, 0.3) is 0 Å². The molecule has 0 saturated carbocycles. The average molecular weight is 1120 g/mol. The molecule has 9 heteroatoms. The summed E-state index contributed by atoms with van der Waals surface area (Å²) in [4.78, 5) is 23.4. The highest BCUT2D eigenvalue weighted by Crippen LogP contribution is 2.43. The number of allylic oxidation sites excluding steroid dienone is 3. The maximum Gasteiger partial charge on any atom is 0.472 e. The molecule has 0 rings (SSSR count). The fourth-order valence-corrected chi connectivity index (χ4v) is 11.5. The Balaban J connectivity index is 3.99. The number of aliphatic hydroxyl groups excluding tert-OH is 1. The molecule has 0 aliphatic carbocycles. The third-order valence-electron chi connectivity index (χ3n) is 16.2. The molecule has 0 aliphatic rings. The van der Waals surface area contributed by atoms with E-state index in [-0.39, 0.29) is 19.1 Å². The fraction of sp³-hybridized carbons (Fsp3) is 0.928. The Morgan fingerprint density at radius 2 is 0.692 bits per heavy atom. The van der Waals surface area contributed by atoms with Crippen LogP contribution < -0.4 is 5.32 Å². The lowest BCUT2D eigenvalue weighted by Crippen LogP contribution is -2.45. The van der Waals surface area contributed by atoms with Crippen molar-refractivity contribution < 1.29 is 32.9 Å². The van der Waals surface area contributed by atoms with Crippen LogP contribution >= 0.6 is 7.82 Å². The number of nitrogens with one attached hydrogen (secondary N) is 1. The molecule has 0 aliphatic heterocycles. The minimum absolute atomic E-state index is 0.0642. The van der Waals surface area contributed by atoms with Crippen molar-refractivity contribution in [2.24, 2.45) is 0 Å².